The van der Waals surface area contributed by atoms with Crippen LogP contribution in [0.3, 0.4) is 0 Å². The van der Waals surface area contributed by atoms with Crippen LogP contribution in [0.5, 0.6) is 0 Å². The Morgan fingerprint density at radius 3 is 1.86 bits per heavy atom. The van der Waals surface area contributed by atoms with Gasteiger partial charge in [-0.1, -0.05) is 30.3 Å². The number of carboxylic acid groups (broad SMARTS) is 3. The van der Waals surface area contributed by atoms with Crippen molar-refractivity contribution in [2.45, 2.75) is 49.9 Å². The molecule has 0 aliphatic rings. The van der Waals surface area contributed by atoms with Crippen molar-refractivity contribution in [1.29, 1.82) is 0 Å². The van der Waals surface area contributed by atoms with Crippen molar-refractivity contribution < 1.29 is 44.1 Å². The zero-order valence-corrected chi connectivity index (χ0v) is 20.3. The fourth-order valence-electron chi connectivity index (χ4n) is 3.04. The first-order valence-electron chi connectivity index (χ1n) is 10.8. The number of carbonyl (C=O) groups is 6. The molecule has 0 bridgehead atoms. The lowest BCUT2D eigenvalue weighted by atomic mass is 10.0. The minimum atomic E-state index is -1.67. The Kier molecular flexibility index (Phi) is 13.0. The Bertz CT molecular complexity index is 945. The SMILES string of the molecule is CSCCC(NC(=O)C(Cc1ccccc1)NC(=O)C(CC(=O)O)NC(=O)C(N)CC(=O)O)C(=O)O. The third kappa shape index (κ3) is 11.2. The number of carboxylic acids is 3. The normalized spacial score (nSPS) is 13.9. The fraction of sp³-hybridized carbons (Fsp3) is 0.455. The molecule has 13 nitrogen and oxygen atoms in total. The van der Waals surface area contributed by atoms with E-state index in [0.29, 0.717) is 11.3 Å². The van der Waals surface area contributed by atoms with Gasteiger partial charge >= 0.3 is 17.9 Å². The summed E-state index contributed by atoms with van der Waals surface area (Å²) in [4.78, 5) is 71.7. The van der Waals surface area contributed by atoms with E-state index in [-0.39, 0.29) is 12.8 Å². The number of nitrogens with one attached hydrogen (secondary N) is 3. The van der Waals surface area contributed by atoms with E-state index >= 15 is 0 Å². The van der Waals surface area contributed by atoms with Crippen LogP contribution >= 0.6 is 11.8 Å². The molecule has 8 N–H and O–H groups in total. The van der Waals surface area contributed by atoms with Crippen LogP contribution in [0.15, 0.2) is 30.3 Å². The van der Waals surface area contributed by atoms with Crippen LogP contribution in [0.4, 0.5) is 0 Å². The summed E-state index contributed by atoms with van der Waals surface area (Å²) in [5.41, 5.74) is 6.10. The van der Waals surface area contributed by atoms with Crippen LogP contribution in [-0.4, -0.2) is 87.1 Å². The zero-order valence-electron chi connectivity index (χ0n) is 19.5. The van der Waals surface area contributed by atoms with Crippen molar-refractivity contribution >= 4 is 47.4 Å². The average Bonchev–Trinajstić information content (AvgIpc) is 2.80. The molecule has 14 heteroatoms. The molecule has 198 valence electrons. The molecule has 1 rings (SSSR count). The number of hydrogen-bond donors (Lipinski definition) is 7. The number of hydrogen-bond acceptors (Lipinski definition) is 8. The first-order valence-corrected chi connectivity index (χ1v) is 12.2. The third-order valence-corrected chi connectivity index (χ3v) is 5.53. The monoisotopic (exact) mass is 526 g/mol. The van der Waals surface area contributed by atoms with Crippen molar-refractivity contribution in [2.24, 2.45) is 5.73 Å². The summed E-state index contributed by atoms with van der Waals surface area (Å²) in [6.07, 6.45) is 0.229. The van der Waals surface area contributed by atoms with Crippen molar-refractivity contribution in [3.8, 4) is 0 Å². The third-order valence-electron chi connectivity index (χ3n) is 4.88. The largest absolute Gasteiger partial charge is 0.481 e. The summed E-state index contributed by atoms with van der Waals surface area (Å²) < 4.78 is 0. The molecule has 4 atom stereocenters. The number of carbonyl (C=O) groups excluding carboxylic acids is 3. The highest BCUT2D eigenvalue weighted by molar-refractivity contribution is 7.98. The molecule has 0 saturated heterocycles. The Hall–Kier alpha value is -3.65. The van der Waals surface area contributed by atoms with Gasteiger partial charge in [0.1, 0.15) is 18.1 Å². The summed E-state index contributed by atoms with van der Waals surface area (Å²) >= 11 is 1.39. The van der Waals surface area contributed by atoms with Gasteiger partial charge in [-0.05, 0) is 24.0 Å². The fourth-order valence-corrected chi connectivity index (χ4v) is 3.51. The topological polar surface area (TPSA) is 225 Å². The molecular formula is C22H30N4O9S. The van der Waals surface area contributed by atoms with Crippen LogP contribution in [-0.2, 0) is 35.2 Å². The number of amides is 3. The van der Waals surface area contributed by atoms with E-state index in [2.05, 4.69) is 16.0 Å². The van der Waals surface area contributed by atoms with Gasteiger partial charge in [0.15, 0.2) is 0 Å². The maximum atomic E-state index is 13.0. The Labute approximate surface area is 211 Å². The molecule has 0 aromatic heterocycles. The van der Waals surface area contributed by atoms with Gasteiger partial charge < -0.3 is 37.0 Å². The lowest BCUT2D eigenvalue weighted by Crippen LogP contribution is -2.58. The molecule has 3 amide bonds. The van der Waals surface area contributed by atoms with Gasteiger partial charge in [0.25, 0.3) is 0 Å². The Balaban J connectivity index is 3.11. The van der Waals surface area contributed by atoms with Gasteiger partial charge in [0.05, 0.1) is 18.9 Å². The highest BCUT2D eigenvalue weighted by atomic mass is 32.2. The van der Waals surface area contributed by atoms with Gasteiger partial charge in [-0.25, -0.2) is 4.79 Å². The molecule has 1 aromatic rings. The second-order valence-electron chi connectivity index (χ2n) is 7.80. The van der Waals surface area contributed by atoms with Gasteiger partial charge in [0.2, 0.25) is 17.7 Å². The molecule has 0 saturated carbocycles. The summed E-state index contributed by atoms with van der Waals surface area (Å²) in [7, 11) is 0. The molecule has 0 spiro atoms. The van der Waals surface area contributed by atoms with E-state index in [0.717, 1.165) is 0 Å². The lowest BCUT2D eigenvalue weighted by molar-refractivity contribution is -0.143. The molecule has 0 heterocycles. The minimum Gasteiger partial charge on any atom is -0.481 e. The number of aliphatic carboxylic acids is 3. The van der Waals surface area contributed by atoms with E-state index < -0.39 is 72.6 Å². The van der Waals surface area contributed by atoms with E-state index in [4.69, 9.17) is 15.9 Å². The average molecular weight is 527 g/mol. The molecule has 0 aliphatic heterocycles. The van der Waals surface area contributed by atoms with Crippen LogP contribution in [0.25, 0.3) is 0 Å². The summed E-state index contributed by atoms with van der Waals surface area (Å²) in [6, 6.07) is 2.74. The van der Waals surface area contributed by atoms with Crippen LogP contribution in [0.1, 0.15) is 24.8 Å². The van der Waals surface area contributed by atoms with Gasteiger partial charge in [-0.15, -0.1) is 0 Å². The van der Waals surface area contributed by atoms with E-state index in [9.17, 15) is 33.9 Å². The van der Waals surface area contributed by atoms with E-state index in [1.54, 1.807) is 36.6 Å². The maximum absolute atomic E-state index is 13.0. The van der Waals surface area contributed by atoms with E-state index in [1.807, 2.05) is 0 Å². The standard InChI is InChI=1S/C22H30N4O9S/c1-36-8-7-14(22(34)35)24-20(32)15(9-12-5-3-2-4-6-12)26-21(33)16(11-18(29)30)25-19(31)13(23)10-17(27)28/h2-6,13-16H,7-11,23H2,1H3,(H,24,32)(H,25,31)(H,26,33)(H,27,28)(H,29,30)(H,34,35). The quantitative estimate of drug-likeness (QED) is 0.135. The summed E-state index contributed by atoms with van der Waals surface area (Å²) in [6.45, 7) is 0. The summed E-state index contributed by atoms with van der Waals surface area (Å²) in [5, 5.41) is 34.2. The first kappa shape index (κ1) is 30.4. The van der Waals surface area contributed by atoms with Gasteiger partial charge in [0, 0.05) is 6.42 Å². The molecule has 36 heavy (non-hydrogen) atoms. The zero-order chi connectivity index (χ0) is 27.3. The Morgan fingerprint density at radius 2 is 1.33 bits per heavy atom. The van der Waals surface area contributed by atoms with Crippen LogP contribution in [0, 0.1) is 0 Å². The van der Waals surface area contributed by atoms with Crippen molar-refractivity contribution in [3.63, 3.8) is 0 Å². The minimum absolute atomic E-state index is 0.0560. The number of rotatable bonds is 16. The predicted molar refractivity (Wildman–Crippen MR) is 129 cm³/mol. The first-order chi connectivity index (χ1) is 16.9. The van der Waals surface area contributed by atoms with E-state index in [1.165, 1.54) is 11.8 Å². The van der Waals surface area contributed by atoms with Crippen LogP contribution in [0.2, 0.25) is 0 Å². The van der Waals surface area contributed by atoms with Crippen molar-refractivity contribution in [1.82, 2.24) is 16.0 Å². The molecule has 0 aliphatic carbocycles. The van der Waals surface area contributed by atoms with Gasteiger partial charge in [-0.3, -0.25) is 24.0 Å². The Morgan fingerprint density at radius 1 is 0.806 bits per heavy atom. The summed E-state index contributed by atoms with van der Waals surface area (Å²) in [5.74, 6) is -6.54. The predicted octanol–water partition coefficient (Wildman–Crippen LogP) is -1.20. The van der Waals surface area contributed by atoms with Crippen molar-refractivity contribution in [2.75, 3.05) is 12.0 Å². The highest BCUT2D eigenvalue weighted by Crippen LogP contribution is 2.07. The number of benzene rings is 1. The molecule has 1 aromatic carbocycles. The number of nitrogens with two attached hydrogens (primary N) is 1. The van der Waals surface area contributed by atoms with Crippen LogP contribution < -0.4 is 21.7 Å². The maximum Gasteiger partial charge on any atom is 0.326 e. The lowest BCUT2D eigenvalue weighted by Gasteiger charge is -2.24. The molecule has 4 unspecified atom stereocenters. The van der Waals surface area contributed by atoms with Gasteiger partial charge in [-0.2, -0.15) is 11.8 Å². The molecule has 0 radical (unpaired) electrons. The molecule has 0 fully saturated rings. The molecular weight excluding hydrogens is 496 g/mol. The smallest absolute Gasteiger partial charge is 0.326 e. The van der Waals surface area contributed by atoms with Crippen molar-refractivity contribution in [3.05, 3.63) is 35.9 Å². The second-order valence-corrected chi connectivity index (χ2v) is 8.78. The second kappa shape index (κ2) is 15.4. The highest BCUT2D eigenvalue weighted by Gasteiger charge is 2.31. The number of thioether (sulfide) groups is 1.